The van der Waals surface area contributed by atoms with Crippen LogP contribution in [0.1, 0.15) is 22.7 Å². The average molecular weight is 394 g/mol. The van der Waals surface area contributed by atoms with Gasteiger partial charge in [-0.2, -0.15) is 0 Å². The fourth-order valence-corrected chi connectivity index (χ4v) is 3.86. The summed E-state index contributed by atoms with van der Waals surface area (Å²) in [6.07, 6.45) is 1.55. The first-order valence-electron chi connectivity index (χ1n) is 8.50. The predicted molar refractivity (Wildman–Crippen MR) is 104 cm³/mol. The molecule has 0 unspecified atom stereocenters. The Labute approximate surface area is 164 Å². The summed E-state index contributed by atoms with van der Waals surface area (Å²) in [5.74, 6) is -2.37. The molecule has 1 N–H and O–H groups in total. The number of Topliss-reactive ketones (excluding diaryl/α,β-unsaturated/α-hetero) is 1. The van der Waals surface area contributed by atoms with Crippen molar-refractivity contribution in [1.82, 2.24) is 4.98 Å². The van der Waals surface area contributed by atoms with Gasteiger partial charge < -0.3 is 5.11 Å². The van der Waals surface area contributed by atoms with E-state index in [0.29, 0.717) is 10.7 Å². The maximum absolute atomic E-state index is 13.3. The number of aryl methyl sites for hydroxylation is 1. The number of carbonyl (C=O) groups is 2. The fourth-order valence-electron chi connectivity index (χ4n) is 3.19. The van der Waals surface area contributed by atoms with Crippen LogP contribution in [0.3, 0.4) is 0 Å². The summed E-state index contributed by atoms with van der Waals surface area (Å²) in [4.78, 5) is 31.1. The lowest BCUT2D eigenvalue weighted by atomic mass is 9.95. The van der Waals surface area contributed by atoms with Gasteiger partial charge in [0.05, 0.1) is 11.6 Å². The smallest absolute Gasteiger partial charge is 0.301 e. The minimum Gasteiger partial charge on any atom is -0.507 e. The lowest BCUT2D eigenvalue weighted by Crippen LogP contribution is -2.29. The summed E-state index contributed by atoms with van der Waals surface area (Å²) in [5, 5.41) is 12.9. The van der Waals surface area contributed by atoms with Crippen molar-refractivity contribution in [2.75, 3.05) is 4.90 Å². The van der Waals surface area contributed by atoms with Gasteiger partial charge in [-0.05, 0) is 36.8 Å². The molecule has 0 spiro atoms. The van der Waals surface area contributed by atoms with Gasteiger partial charge in [0.1, 0.15) is 11.6 Å². The summed E-state index contributed by atoms with van der Waals surface area (Å²) >= 11 is 1.23. The molecule has 5 nitrogen and oxygen atoms in total. The zero-order chi connectivity index (χ0) is 19.8. The van der Waals surface area contributed by atoms with Crippen LogP contribution in [-0.2, 0) is 9.59 Å². The highest BCUT2D eigenvalue weighted by Gasteiger charge is 2.47. The van der Waals surface area contributed by atoms with Crippen LogP contribution >= 0.6 is 11.3 Å². The monoisotopic (exact) mass is 394 g/mol. The van der Waals surface area contributed by atoms with E-state index in [0.717, 1.165) is 5.56 Å². The van der Waals surface area contributed by atoms with Crippen molar-refractivity contribution in [2.45, 2.75) is 13.0 Å². The number of hydrogen-bond donors (Lipinski definition) is 1. The van der Waals surface area contributed by atoms with E-state index in [1.807, 2.05) is 31.2 Å². The largest absolute Gasteiger partial charge is 0.507 e. The van der Waals surface area contributed by atoms with Crippen molar-refractivity contribution in [3.05, 3.63) is 88.2 Å². The molecule has 0 radical (unpaired) electrons. The van der Waals surface area contributed by atoms with Gasteiger partial charge >= 0.3 is 5.91 Å². The first-order chi connectivity index (χ1) is 13.5. The molecule has 1 aliphatic rings. The van der Waals surface area contributed by atoms with E-state index in [4.69, 9.17) is 0 Å². The van der Waals surface area contributed by atoms with Crippen LogP contribution in [0.4, 0.5) is 9.52 Å². The zero-order valence-corrected chi connectivity index (χ0v) is 15.6. The molecule has 1 fully saturated rings. The standard InChI is InChI=1S/C21H15FN2O3S/c1-12-2-4-13(5-3-12)17-16(18(25)14-6-8-15(22)9-7-14)19(26)20(27)24(17)21-23-10-11-28-21/h2-11,17,25H,1H3/t17-/m1/s1. The Morgan fingerprint density at radius 2 is 1.79 bits per heavy atom. The highest BCUT2D eigenvalue weighted by atomic mass is 32.1. The molecule has 2 heterocycles. The maximum atomic E-state index is 13.3. The second-order valence-electron chi connectivity index (χ2n) is 6.40. The highest BCUT2D eigenvalue weighted by molar-refractivity contribution is 7.14. The van der Waals surface area contributed by atoms with Crippen molar-refractivity contribution in [2.24, 2.45) is 0 Å². The van der Waals surface area contributed by atoms with Crippen molar-refractivity contribution >= 4 is 33.9 Å². The fraction of sp³-hybridized carbons (Fsp3) is 0.0952. The highest BCUT2D eigenvalue weighted by Crippen LogP contribution is 2.42. The van der Waals surface area contributed by atoms with Crippen molar-refractivity contribution in [3.63, 3.8) is 0 Å². The van der Waals surface area contributed by atoms with Gasteiger partial charge in [-0.1, -0.05) is 29.8 Å². The van der Waals surface area contributed by atoms with Crippen LogP contribution in [0, 0.1) is 12.7 Å². The number of aliphatic hydroxyl groups excluding tert-OH is 1. The van der Waals surface area contributed by atoms with Crippen LogP contribution in [0.25, 0.3) is 5.76 Å². The van der Waals surface area contributed by atoms with Gasteiger partial charge in [-0.3, -0.25) is 14.5 Å². The molecule has 0 bridgehead atoms. The lowest BCUT2D eigenvalue weighted by molar-refractivity contribution is -0.132. The Hall–Kier alpha value is -3.32. The minimum absolute atomic E-state index is 0.0457. The van der Waals surface area contributed by atoms with Crippen molar-refractivity contribution < 1.29 is 19.1 Å². The van der Waals surface area contributed by atoms with Gasteiger partial charge in [-0.15, -0.1) is 11.3 Å². The third kappa shape index (κ3) is 2.99. The molecule has 1 amide bonds. The lowest BCUT2D eigenvalue weighted by Gasteiger charge is -2.23. The van der Waals surface area contributed by atoms with Gasteiger partial charge in [0, 0.05) is 17.1 Å². The Bertz CT molecular complexity index is 1070. The molecule has 1 aliphatic heterocycles. The van der Waals surface area contributed by atoms with E-state index >= 15 is 0 Å². The molecule has 2 aromatic carbocycles. The molecule has 0 saturated carbocycles. The number of halogens is 1. The molecule has 28 heavy (non-hydrogen) atoms. The summed E-state index contributed by atoms with van der Waals surface area (Å²) in [6.45, 7) is 1.93. The zero-order valence-electron chi connectivity index (χ0n) is 14.8. The number of carbonyl (C=O) groups excluding carboxylic acids is 2. The normalized spacial score (nSPS) is 18.6. The number of nitrogens with zero attached hydrogens (tertiary/aromatic N) is 2. The van der Waals surface area contributed by atoms with E-state index in [2.05, 4.69) is 4.98 Å². The molecule has 140 valence electrons. The Balaban J connectivity index is 1.93. The molecule has 1 aromatic heterocycles. The number of amides is 1. The topological polar surface area (TPSA) is 70.5 Å². The Morgan fingerprint density at radius 1 is 1.11 bits per heavy atom. The minimum atomic E-state index is -0.822. The van der Waals surface area contributed by atoms with Crippen LogP contribution in [-0.4, -0.2) is 21.8 Å². The SMILES string of the molecule is Cc1ccc([C@@H]2C(=C(O)c3ccc(F)cc3)C(=O)C(=O)N2c2nccs2)cc1. The number of benzene rings is 2. The van der Waals surface area contributed by atoms with E-state index in [1.165, 1.54) is 40.5 Å². The summed E-state index contributed by atoms with van der Waals surface area (Å²) < 4.78 is 13.3. The Morgan fingerprint density at radius 3 is 2.39 bits per heavy atom. The number of rotatable bonds is 3. The number of hydrogen-bond acceptors (Lipinski definition) is 5. The molecule has 1 saturated heterocycles. The molecule has 7 heteroatoms. The maximum Gasteiger partial charge on any atom is 0.301 e. The molecule has 1 atom stereocenters. The van der Waals surface area contributed by atoms with E-state index < -0.39 is 23.5 Å². The predicted octanol–water partition coefficient (Wildman–Crippen LogP) is 4.22. The van der Waals surface area contributed by atoms with Crippen molar-refractivity contribution in [3.8, 4) is 0 Å². The van der Waals surface area contributed by atoms with Gasteiger partial charge in [0.15, 0.2) is 5.13 Å². The van der Waals surface area contributed by atoms with E-state index in [9.17, 15) is 19.1 Å². The van der Waals surface area contributed by atoms with E-state index in [-0.39, 0.29) is 16.9 Å². The molecular weight excluding hydrogens is 379 g/mol. The van der Waals surface area contributed by atoms with Gasteiger partial charge in [0.25, 0.3) is 5.78 Å². The number of aliphatic hydroxyl groups is 1. The average Bonchev–Trinajstić information content (AvgIpc) is 3.30. The van der Waals surface area contributed by atoms with Crippen LogP contribution in [0.5, 0.6) is 0 Å². The van der Waals surface area contributed by atoms with Crippen molar-refractivity contribution in [1.29, 1.82) is 0 Å². The summed E-state index contributed by atoms with van der Waals surface area (Å²) in [7, 11) is 0. The molecule has 3 aromatic rings. The number of anilines is 1. The molecular formula is C21H15FN2O3S. The van der Waals surface area contributed by atoms with E-state index in [1.54, 1.807) is 11.6 Å². The quantitative estimate of drug-likeness (QED) is 0.410. The van der Waals surface area contributed by atoms with Crippen LogP contribution < -0.4 is 4.90 Å². The molecule has 4 rings (SSSR count). The summed E-state index contributed by atoms with van der Waals surface area (Å²) in [5.41, 5.74) is 1.91. The number of aromatic nitrogens is 1. The third-order valence-electron chi connectivity index (χ3n) is 4.58. The van der Waals surface area contributed by atoms with Gasteiger partial charge in [-0.25, -0.2) is 9.37 Å². The second kappa shape index (κ2) is 7.01. The first-order valence-corrected chi connectivity index (χ1v) is 9.38. The van der Waals surface area contributed by atoms with Crippen LogP contribution in [0.15, 0.2) is 65.7 Å². The summed E-state index contributed by atoms with van der Waals surface area (Å²) in [6, 6.07) is 11.7. The Kier molecular flexibility index (Phi) is 4.52. The first kappa shape index (κ1) is 18.1. The molecule has 0 aliphatic carbocycles. The number of ketones is 1. The second-order valence-corrected chi connectivity index (χ2v) is 7.27. The third-order valence-corrected chi connectivity index (χ3v) is 5.35. The number of thiazole rings is 1. The van der Waals surface area contributed by atoms with Crippen LogP contribution in [0.2, 0.25) is 0 Å². The van der Waals surface area contributed by atoms with Gasteiger partial charge in [0.2, 0.25) is 0 Å².